The molecule has 0 aliphatic carbocycles. The summed E-state index contributed by atoms with van der Waals surface area (Å²) in [6, 6.07) is 5.75. The number of alkyl halides is 3. The summed E-state index contributed by atoms with van der Waals surface area (Å²) < 4.78 is 38.1. The van der Waals surface area contributed by atoms with Gasteiger partial charge in [-0.05, 0) is 45.1 Å². The third-order valence-corrected chi connectivity index (χ3v) is 3.00. The molecule has 0 saturated heterocycles. The summed E-state index contributed by atoms with van der Waals surface area (Å²) in [5, 5.41) is 3.38. The predicted molar refractivity (Wildman–Crippen MR) is 75.8 cm³/mol. The highest BCUT2D eigenvalue weighted by Gasteiger charge is 2.30. The first kappa shape index (κ1) is 17.0. The molecule has 2 nitrogen and oxygen atoms in total. The second-order valence-corrected chi connectivity index (χ2v) is 5.32. The molecule has 1 N–H and O–H groups in total. The van der Waals surface area contributed by atoms with Crippen LogP contribution in [0.25, 0.3) is 0 Å². The van der Waals surface area contributed by atoms with Gasteiger partial charge in [0.15, 0.2) is 0 Å². The minimum absolute atomic E-state index is 0.161. The number of halogens is 3. The normalized spacial score (nSPS) is 13.8. The van der Waals surface area contributed by atoms with Crippen molar-refractivity contribution >= 4 is 0 Å². The lowest BCUT2D eigenvalue weighted by Gasteiger charge is -2.22. The SMILES string of the molecule is CCCNC(Cc1cccc(C(F)(F)F)c1)CN(C)C. The predicted octanol–water partition coefficient (Wildman–Crippen LogP) is 3.18. The molecule has 1 unspecified atom stereocenters. The van der Waals surface area contributed by atoms with E-state index in [9.17, 15) is 13.2 Å². The van der Waals surface area contributed by atoms with Gasteiger partial charge in [-0.3, -0.25) is 0 Å². The molecule has 1 rings (SSSR count). The van der Waals surface area contributed by atoms with Crippen LogP contribution in [0.1, 0.15) is 24.5 Å². The van der Waals surface area contributed by atoms with Crippen molar-refractivity contribution in [2.24, 2.45) is 0 Å². The molecule has 0 amide bonds. The molecule has 1 atom stereocenters. The Labute approximate surface area is 119 Å². The van der Waals surface area contributed by atoms with Crippen LogP contribution in [0.5, 0.6) is 0 Å². The van der Waals surface area contributed by atoms with Crippen molar-refractivity contribution in [2.45, 2.75) is 32.0 Å². The molecule has 1 aromatic rings. The number of hydrogen-bond acceptors (Lipinski definition) is 2. The first-order valence-corrected chi connectivity index (χ1v) is 6.87. The minimum atomic E-state index is -4.27. The molecular weight excluding hydrogens is 265 g/mol. The lowest BCUT2D eigenvalue weighted by atomic mass is 10.0. The van der Waals surface area contributed by atoms with Crippen molar-refractivity contribution in [3.8, 4) is 0 Å². The van der Waals surface area contributed by atoms with Crippen molar-refractivity contribution in [1.82, 2.24) is 10.2 Å². The van der Waals surface area contributed by atoms with E-state index < -0.39 is 11.7 Å². The number of likely N-dealkylation sites (N-methyl/N-ethyl adjacent to an activating group) is 1. The third kappa shape index (κ3) is 5.92. The zero-order valence-electron chi connectivity index (χ0n) is 12.3. The largest absolute Gasteiger partial charge is 0.416 e. The highest BCUT2D eigenvalue weighted by Crippen LogP contribution is 2.29. The van der Waals surface area contributed by atoms with Gasteiger partial charge in [-0.15, -0.1) is 0 Å². The zero-order chi connectivity index (χ0) is 15.2. The van der Waals surface area contributed by atoms with Crippen molar-refractivity contribution in [1.29, 1.82) is 0 Å². The molecule has 5 heteroatoms. The van der Waals surface area contributed by atoms with Crippen molar-refractivity contribution in [3.63, 3.8) is 0 Å². The van der Waals surface area contributed by atoms with Crippen molar-refractivity contribution in [3.05, 3.63) is 35.4 Å². The van der Waals surface area contributed by atoms with Gasteiger partial charge in [-0.25, -0.2) is 0 Å². The second-order valence-electron chi connectivity index (χ2n) is 5.32. The molecule has 0 radical (unpaired) electrons. The molecule has 1 aromatic carbocycles. The Hall–Kier alpha value is -1.07. The molecule has 0 saturated carbocycles. The number of nitrogens with one attached hydrogen (secondary N) is 1. The van der Waals surface area contributed by atoms with E-state index >= 15 is 0 Å². The Balaban J connectivity index is 2.77. The monoisotopic (exact) mass is 288 g/mol. The maximum atomic E-state index is 12.7. The van der Waals surface area contributed by atoms with Crippen molar-refractivity contribution in [2.75, 3.05) is 27.2 Å². The molecule has 0 heterocycles. The second kappa shape index (κ2) is 7.64. The highest BCUT2D eigenvalue weighted by molar-refractivity contribution is 5.26. The standard InChI is InChI=1S/C15H23F3N2/c1-4-8-19-14(11-20(2)3)10-12-6-5-7-13(9-12)15(16,17)18/h5-7,9,14,19H,4,8,10-11H2,1-3H3. The van der Waals surface area contributed by atoms with Crippen LogP contribution < -0.4 is 5.32 Å². The van der Waals surface area contributed by atoms with Crippen LogP contribution in [0.15, 0.2) is 24.3 Å². The number of rotatable bonds is 7. The Morgan fingerprint density at radius 3 is 2.50 bits per heavy atom. The van der Waals surface area contributed by atoms with Gasteiger partial charge in [0.05, 0.1) is 5.56 Å². The minimum Gasteiger partial charge on any atom is -0.312 e. The lowest BCUT2D eigenvalue weighted by molar-refractivity contribution is -0.137. The summed E-state index contributed by atoms with van der Waals surface area (Å²) in [7, 11) is 3.93. The van der Waals surface area contributed by atoms with Gasteiger partial charge in [0.25, 0.3) is 0 Å². The van der Waals surface area contributed by atoms with Gasteiger partial charge in [0.1, 0.15) is 0 Å². The molecule has 0 aliphatic heterocycles. The van der Waals surface area contributed by atoms with Crippen LogP contribution in [-0.2, 0) is 12.6 Å². The fourth-order valence-electron chi connectivity index (χ4n) is 2.15. The Kier molecular flexibility index (Phi) is 6.49. The maximum absolute atomic E-state index is 12.7. The van der Waals surface area contributed by atoms with E-state index in [0.29, 0.717) is 6.42 Å². The Bertz CT molecular complexity index is 402. The Morgan fingerprint density at radius 1 is 1.25 bits per heavy atom. The summed E-state index contributed by atoms with van der Waals surface area (Å²) in [6.45, 7) is 3.75. The van der Waals surface area contributed by atoms with Crippen LogP contribution >= 0.6 is 0 Å². The van der Waals surface area contributed by atoms with E-state index in [1.807, 2.05) is 19.0 Å². The molecule has 0 spiro atoms. The third-order valence-electron chi connectivity index (χ3n) is 3.00. The fraction of sp³-hybridized carbons (Fsp3) is 0.600. The average molecular weight is 288 g/mol. The summed E-state index contributed by atoms with van der Waals surface area (Å²) in [5.41, 5.74) is 0.143. The van der Waals surface area contributed by atoms with Crippen molar-refractivity contribution < 1.29 is 13.2 Å². The fourth-order valence-corrected chi connectivity index (χ4v) is 2.15. The molecule has 20 heavy (non-hydrogen) atoms. The molecule has 0 aliphatic rings. The van der Waals surface area contributed by atoms with Crippen LogP contribution in [0, 0.1) is 0 Å². The van der Waals surface area contributed by atoms with E-state index in [0.717, 1.165) is 31.1 Å². The average Bonchev–Trinajstić information content (AvgIpc) is 2.34. The molecule has 0 fully saturated rings. The maximum Gasteiger partial charge on any atom is 0.416 e. The van der Waals surface area contributed by atoms with Gasteiger partial charge in [0.2, 0.25) is 0 Å². The first-order chi connectivity index (χ1) is 9.32. The summed E-state index contributed by atoms with van der Waals surface area (Å²) >= 11 is 0. The van der Waals surface area contributed by atoms with Gasteiger partial charge in [0, 0.05) is 12.6 Å². The van der Waals surface area contributed by atoms with Crippen LogP contribution in [-0.4, -0.2) is 38.1 Å². The van der Waals surface area contributed by atoms with Crippen LogP contribution in [0.4, 0.5) is 13.2 Å². The highest BCUT2D eigenvalue weighted by atomic mass is 19.4. The molecule has 114 valence electrons. The summed E-state index contributed by atoms with van der Waals surface area (Å²) in [5.74, 6) is 0. The van der Waals surface area contributed by atoms with E-state index in [4.69, 9.17) is 0 Å². The summed E-state index contributed by atoms with van der Waals surface area (Å²) in [6.07, 6.45) is -2.67. The van der Waals surface area contributed by atoms with Gasteiger partial charge >= 0.3 is 6.18 Å². The van der Waals surface area contributed by atoms with Gasteiger partial charge in [-0.1, -0.05) is 25.1 Å². The number of benzene rings is 1. The van der Waals surface area contributed by atoms with Gasteiger partial charge < -0.3 is 10.2 Å². The topological polar surface area (TPSA) is 15.3 Å². The molecule has 0 bridgehead atoms. The van der Waals surface area contributed by atoms with E-state index in [1.165, 1.54) is 12.1 Å². The first-order valence-electron chi connectivity index (χ1n) is 6.87. The molecular formula is C15H23F3N2. The van der Waals surface area contributed by atoms with E-state index in [2.05, 4.69) is 12.2 Å². The lowest BCUT2D eigenvalue weighted by Crippen LogP contribution is -2.40. The van der Waals surface area contributed by atoms with Gasteiger partial charge in [-0.2, -0.15) is 13.2 Å². The molecule has 0 aromatic heterocycles. The number of nitrogens with zero attached hydrogens (tertiary/aromatic N) is 1. The number of hydrogen-bond donors (Lipinski definition) is 1. The quantitative estimate of drug-likeness (QED) is 0.829. The van der Waals surface area contributed by atoms with Crippen LogP contribution in [0.2, 0.25) is 0 Å². The van der Waals surface area contributed by atoms with Crippen LogP contribution in [0.3, 0.4) is 0 Å². The van der Waals surface area contributed by atoms with E-state index in [-0.39, 0.29) is 6.04 Å². The van der Waals surface area contributed by atoms with E-state index in [1.54, 1.807) is 6.07 Å². The Morgan fingerprint density at radius 2 is 1.95 bits per heavy atom. The smallest absolute Gasteiger partial charge is 0.312 e. The summed E-state index contributed by atoms with van der Waals surface area (Å²) in [4.78, 5) is 2.04. The zero-order valence-corrected chi connectivity index (χ0v) is 12.3.